The van der Waals surface area contributed by atoms with Crippen molar-refractivity contribution in [2.24, 2.45) is 0 Å². The van der Waals surface area contributed by atoms with Crippen LogP contribution in [-0.4, -0.2) is 24.7 Å². The second-order valence-electron chi connectivity index (χ2n) is 5.88. The zero-order chi connectivity index (χ0) is 20.6. The lowest BCUT2D eigenvalue weighted by Gasteiger charge is -2.04. The Kier molecular flexibility index (Phi) is 6.61. The first-order valence-electron chi connectivity index (χ1n) is 8.89. The second kappa shape index (κ2) is 9.53. The fourth-order valence-electron chi connectivity index (χ4n) is 2.53. The van der Waals surface area contributed by atoms with Gasteiger partial charge in [-0.3, -0.25) is 0 Å². The number of thiazole rings is 1. The highest BCUT2D eigenvalue weighted by Crippen LogP contribution is 2.28. The number of allylic oxidation sites excluding steroid dienone is 1. The van der Waals surface area contributed by atoms with Gasteiger partial charge in [-0.25, -0.2) is 9.78 Å². The first-order valence-corrected chi connectivity index (χ1v) is 9.77. The van der Waals surface area contributed by atoms with E-state index in [2.05, 4.69) is 16.4 Å². The molecule has 0 saturated carbocycles. The number of methoxy groups -OCH3 is 1. The number of rotatable bonds is 7. The number of benzene rings is 2. The van der Waals surface area contributed by atoms with Crippen molar-refractivity contribution in [3.63, 3.8) is 0 Å². The first kappa shape index (κ1) is 20.1. The number of hydrogen-bond acceptors (Lipinski definition) is 7. The van der Waals surface area contributed by atoms with Crippen LogP contribution in [0.2, 0.25) is 0 Å². The number of carbonyl (C=O) groups is 1. The molecule has 1 heterocycles. The molecule has 0 spiro atoms. The molecular formula is C22H19N3O3S. The van der Waals surface area contributed by atoms with Crippen LogP contribution in [0.15, 0.2) is 60.1 Å². The van der Waals surface area contributed by atoms with Gasteiger partial charge in [-0.1, -0.05) is 12.1 Å². The van der Waals surface area contributed by atoms with Crippen molar-refractivity contribution in [2.75, 3.05) is 19.0 Å². The summed E-state index contributed by atoms with van der Waals surface area (Å²) in [7, 11) is 1.62. The Labute approximate surface area is 173 Å². The predicted molar refractivity (Wildman–Crippen MR) is 114 cm³/mol. The van der Waals surface area contributed by atoms with Crippen molar-refractivity contribution in [2.45, 2.75) is 6.92 Å². The molecule has 3 aromatic rings. The number of anilines is 1. The van der Waals surface area contributed by atoms with E-state index in [0.29, 0.717) is 22.8 Å². The molecule has 0 aliphatic rings. The Bertz CT molecular complexity index is 1070. The van der Waals surface area contributed by atoms with Gasteiger partial charge in [-0.2, -0.15) is 5.26 Å². The maximum atomic E-state index is 11.7. The first-order chi connectivity index (χ1) is 14.1. The van der Waals surface area contributed by atoms with Crippen LogP contribution in [0.5, 0.6) is 5.75 Å². The minimum atomic E-state index is -0.361. The van der Waals surface area contributed by atoms with Gasteiger partial charge in [0, 0.05) is 22.8 Å². The van der Waals surface area contributed by atoms with Gasteiger partial charge in [0.2, 0.25) is 0 Å². The van der Waals surface area contributed by atoms with E-state index >= 15 is 0 Å². The molecule has 7 heteroatoms. The van der Waals surface area contributed by atoms with E-state index in [1.165, 1.54) is 11.3 Å². The lowest BCUT2D eigenvalue weighted by Crippen LogP contribution is -2.04. The molecule has 3 rings (SSSR count). The van der Waals surface area contributed by atoms with Gasteiger partial charge in [0.1, 0.15) is 22.4 Å². The van der Waals surface area contributed by atoms with E-state index in [-0.39, 0.29) is 5.97 Å². The van der Waals surface area contributed by atoms with Gasteiger partial charge >= 0.3 is 5.97 Å². The molecular weight excluding hydrogens is 386 g/mol. The van der Waals surface area contributed by atoms with Crippen molar-refractivity contribution >= 4 is 28.6 Å². The Morgan fingerprint density at radius 3 is 2.76 bits per heavy atom. The van der Waals surface area contributed by atoms with E-state index in [4.69, 9.17) is 9.47 Å². The fourth-order valence-corrected chi connectivity index (χ4v) is 3.32. The maximum absolute atomic E-state index is 11.7. The maximum Gasteiger partial charge on any atom is 0.338 e. The van der Waals surface area contributed by atoms with Crippen molar-refractivity contribution in [3.8, 4) is 23.1 Å². The minimum absolute atomic E-state index is 0.332. The number of nitrogens with zero attached hydrogens (tertiary/aromatic N) is 2. The van der Waals surface area contributed by atoms with Crippen LogP contribution < -0.4 is 10.1 Å². The van der Waals surface area contributed by atoms with Crippen LogP contribution in [0.25, 0.3) is 16.8 Å². The van der Waals surface area contributed by atoms with Gasteiger partial charge in [0.25, 0.3) is 0 Å². The molecule has 146 valence electrons. The van der Waals surface area contributed by atoms with Crippen molar-refractivity contribution in [3.05, 3.63) is 70.7 Å². The van der Waals surface area contributed by atoms with Gasteiger partial charge in [0.05, 0.1) is 25.0 Å². The van der Waals surface area contributed by atoms with E-state index in [1.54, 1.807) is 44.5 Å². The lowest BCUT2D eigenvalue weighted by molar-refractivity contribution is 0.0526. The molecule has 0 fully saturated rings. The van der Waals surface area contributed by atoms with Crippen LogP contribution >= 0.6 is 11.3 Å². The zero-order valence-electron chi connectivity index (χ0n) is 16.0. The molecule has 6 nitrogen and oxygen atoms in total. The molecule has 0 amide bonds. The smallest absolute Gasteiger partial charge is 0.338 e. The molecule has 2 aromatic carbocycles. The highest BCUT2D eigenvalue weighted by molar-refractivity contribution is 7.11. The number of hydrogen-bond donors (Lipinski definition) is 1. The summed E-state index contributed by atoms with van der Waals surface area (Å²) in [5, 5.41) is 15.1. The third kappa shape index (κ3) is 5.00. The van der Waals surface area contributed by atoms with Crippen LogP contribution in [0, 0.1) is 11.3 Å². The summed E-state index contributed by atoms with van der Waals surface area (Å²) in [4.78, 5) is 16.3. The Morgan fingerprint density at radius 2 is 2.07 bits per heavy atom. The molecule has 0 atom stereocenters. The topological polar surface area (TPSA) is 84.2 Å². The summed E-state index contributed by atoms with van der Waals surface area (Å²) in [6.45, 7) is 2.10. The number of carbonyl (C=O) groups excluding carboxylic acids is 1. The average Bonchev–Trinajstić information content (AvgIpc) is 3.25. The highest BCUT2D eigenvalue weighted by Gasteiger charge is 2.10. The quantitative estimate of drug-likeness (QED) is 0.441. The third-order valence-electron chi connectivity index (χ3n) is 4.00. The normalized spacial score (nSPS) is 10.9. The monoisotopic (exact) mass is 405 g/mol. The van der Waals surface area contributed by atoms with Crippen LogP contribution in [0.1, 0.15) is 22.3 Å². The van der Waals surface area contributed by atoms with E-state index in [1.807, 2.05) is 29.6 Å². The van der Waals surface area contributed by atoms with E-state index < -0.39 is 0 Å². The van der Waals surface area contributed by atoms with Crippen molar-refractivity contribution < 1.29 is 14.3 Å². The van der Waals surface area contributed by atoms with Crippen LogP contribution in [0.3, 0.4) is 0 Å². The molecule has 1 N–H and O–H groups in total. The zero-order valence-corrected chi connectivity index (χ0v) is 16.8. The van der Waals surface area contributed by atoms with Crippen LogP contribution in [0.4, 0.5) is 5.69 Å². The Balaban J connectivity index is 1.74. The van der Waals surface area contributed by atoms with Gasteiger partial charge in [-0.15, -0.1) is 11.3 Å². The summed E-state index contributed by atoms with van der Waals surface area (Å²) in [5.74, 6) is 0.390. The molecule has 0 unspecified atom stereocenters. The largest absolute Gasteiger partial charge is 0.497 e. The van der Waals surface area contributed by atoms with Gasteiger partial charge < -0.3 is 14.8 Å². The van der Waals surface area contributed by atoms with Crippen molar-refractivity contribution in [1.29, 1.82) is 5.26 Å². The molecule has 0 saturated heterocycles. The minimum Gasteiger partial charge on any atom is -0.497 e. The Morgan fingerprint density at radius 1 is 1.28 bits per heavy atom. The summed E-state index contributed by atoms with van der Waals surface area (Å²) in [6.07, 6.45) is 1.60. The number of ether oxygens (including phenoxy) is 2. The average molecular weight is 405 g/mol. The number of nitriles is 1. The number of esters is 1. The number of nitrogens with one attached hydrogen (secondary N) is 1. The second-order valence-corrected chi connectivity index (χ2v) is 6.74. The summed E-state index contributed by atoms with van der Waals surface area (Å²) in [5.41, 5.74) is 3.34. The molecule has 0 bridgehead atoms. The third-order valence-corrected chi connectivity index (χ3v) is 4.88. The van der Waals surface area contributed by atoms with E-state index in [0.717, 1.165) is 22.7 Å². The predicted octanol–water partition coefficient (Wildman–Crippen LogP) is 4.97. The van der Waals surface area contributed by atoms with Crippen molar-refractivity contribution in [1.82, 2.24) is 4.98 Å². The van der Waals surface area contributed by atoms with Crippen LogP contribution in [-0.2, 0) is 4.74 Å². The number of aromatic nitrogens is 1. The molecule has 0 radical (unpaired) electrons. The standard InChI is InChI=1S/C22H19N3O3S/c1-3-28-22(26)15-7-9-18(10-8-15)24-13-17(12-23)21-25-20(14-29-21)16-5-4-6-19(11-16)27-2/h4-11,13-14,24H,3H2,1-2H3. The fraction of sp³-hybridized carbons (Fsp3) is 0.136. The molecule has 0 aliphatic carbocycles. The van der Waals surface area contributed by atoms with E-state index in [9.17, 15) is 10.1 Å². The highest BCUT2D eigenvalue weighted by atomic mass is 32.1. The molecule has 0 aliphatic heterocycles. The molecule has 1 aromatic heterocycles. The van der Waals surface area contributed by atoms with Gasteiger partial charge in [0.15, 0.2) is 0 Å². The summed E-state index contributed by atoms with van der Waals surface area (Å²) < 4.78 is 10.2. The summed E-state index contributed by atoms with van der Waals surface area (Å²) in [6, 6.07) is 16.6. The Hall–Kier alpha value is -3.63. The lowest BCUT2D eigenvalue weighted by atomic mass is 10.1. The van der Waals surface area contributed by atoms with Gasteiger partial charge in [-0.05, 0) is 43.3 Å². The summed E-state index contributed by atoms with van der Waals surface area (Å²) >= 11 is 1.39. The SMILES string of the molecule is CCOC(=O)c1ccc(NC=C(C#N)c2nc(-c3cccc(OC)c3)cs2)cc1. The molecule has 29 heavy (non-hydrogen) atoms.